The van der Waals surface area contributed by atoms with Crippen molar-refractivity contribution in [3.8, 4) is 0 Å². The lowest BCUT2D eigenvalue weighted by molar-refractivity contribution is -0.344. The van der Waals surface area contributed by atoms with Crippen LogP contribution in [0.25, 0.3) is 0 Å². The van der Waals surface area contributed by atoms with Crippen molar-refractivity contribution in [1.29, 1.82) is 0 Å². The number of ether oxygens (including phenoxy) is 7. The molecule has 5 aliphatic rings. The van der Waals surface area contributed by atoms with Gasteiger partial charge in [0.1, 0.15) is 17.8 Å². The first-order valence-electron chi connectivity index (χ1n) is 30.3. The summed E-state index contributed by atoms with van der Waals surface area (Å²) in [6, 6.07) is 11.2. The number of Topliss-reactive ketones (excluding diaryl/α,β-unsaturated/α-hetero) is 1. The zero-order valence-corrected chi connectivity index (χ0v) is 56.2. The van der Waals surface area contributed by atoms with Gasteiger partial charge in [0.25, 0.3) is 0 Å². The molecule has 12 atom stereocenters. The van der Waals surface area contributed by atoms with Crippen LogP contribution in [0.5, 0.6) is 0 Å². The highest BCUT2D eigenvalue weighted by atomic mass is 28.4. The first-order chi connectivity index (χ1) is 38.2. The smallest absolute Gasteiger partial charge is 0.454 e. The van der Waals surface area contributed by atoms with E-state index in [4.69, 9.17) is 46.4 Å². The number of allylic oxidation sites excluding steroid dienone is 1. The first kappa shape index (κ1) is 66.9. The molecule has 6 rings (SSSR count). The highest BCUT2D eigenvalue weighted by molar-refractivity contribution is 6.78. The number of rotatable bonds is 23. The van der Waals surface area contributed by atoms with Crippen LogP contribution in [-0.4, -0.2) is 133 Å². The molecule has 20 heteroatoms. The molecule has 0 radical (unpaired) electrons. The van der Waals surface area contributed by atoms with Gasteiger partial charge >= 0.3 is 30.2 Å². The van der Waals surface area contributed by atoms with E-state index in [1.54, 1.807) is 77.1 Å². The molecule has 4 fully saturated rings. The quantitative estimate of drug-likeness (QED) is 0.0468. The summed E-state index contributed by atoms with van der Waals surface area (Å²) >= 11 is 0. The third-order valence-electron chi connectivity index (χ3n) is 19.9. The number of amides is 1. The van der Waals surface area contributed by atoms with Gasteiger partial charge in [-0.1, -0.05) is 127 Å². The Morgan fingerprint density at radius 3 is 1.84 bits per heavy atom. The van der Waals surface area contributed by atoms with Gasteiger partial charge in [0, 0.05) is 18.8 Å². The van der Waals surface area contributed by atoms with E-state index in [1.165, 1.54) is 6.92 Å². The van der Waals surface area contributed by atoms with E-state index in [2.05, 4.69) is 88.4 Å². The summed E-state index contributed by atoms with van der Waals surface area (Å²) in [4.78, 5) is 91.6. The van der Waals surface area contributed by atoms with Crippen molar-refractivity contribution in [2.45, 2.75) is 270 Å². The summed E-state index contributed by atoms with van der Waals surface area (Å²) < 4.78 is 69.2. The highest BCUT2D eigenvalue weighted by Crippen LogP contribution is 2.68. The second-order valence-corrected chi connectivity index (χ2v) is 41.2. The lowest BCUT2D eigenvalue weighted by Gasteiger charge is -2.68. The summed E-state index contributed by atoms with van der Waals surface area (Å²) in [7, 11) is -8.64. The third kappa shape index (κ3) is 11.5. The maximum Gasteiger partial charge on any atom is 0.509 e. The average Bonchev–Trinajstić information content (AvgIpc) is 2.82. The molecule has 460 valence electrons. The molecule has 0 aromatic heterocycles. The third-order valence-corrected chi connectivity index (χ3v) is 35.2. The molecule has 1 N–H and O–H groups in total. The zero-order valence-electron chi connectivity index (χ0n) is 53.2. The van der Waals surface area contributed by atoms with Crippen molar-refractivity contribution < 1.29 is 75.2 Å². The Morgan fingerprint density at radius 1 is 0.817 bits per heavy atom. The molecule has 3 aliphatic carbocycles. The number of hydrogen-bond donors (Lipinski definition) is 1. The van der Waals surface area contributed by atoms with E-state index in [9.17, 15) is 14.4 Å². The summed E-state index contributed by atoms with van der Waals surface area (Å²) in [6.07, 6.45) is -8.11. The minimum Gasteiger partial charge on any atom is -0.454 e. The molecule has 2 saturated heterocycles. The standard InChI is InChI=1S/C62H99NO16Si3/c1-22-32-43(63-56(68)75-58(16,17)18)48(79-82(37(8)9,38(10)11)39(12)13)55(67)71-47-40(14)46-49(78-81(26-5,27-6)28-7)51(65)60(21)44(77-80(23-2,24-3)25-4)35-45-61(36-70-45,74-41(15)64)50(60)53(72-54(66)42-33-30-29-31-34-42)62(59(46,19)20)52(47)73-57(69)76-62/h22,29-34,37-39,43-45,47-50,52-53H,23-28,35-36H2,1-21H3,(H,63,68)/b32-22+/t43-,44-,45+,47+,48+,49+,50?,52-,53-,60+,61-,62+/m0/s1. The molecule has 1 spiro atoms. The van der Waals surface area contributed by atoms with E-state index in [0.29, 0.717) is 29.3 Å². The highest BCUT2D eigenvalue weighted by Gasteiger charge is 2.83. The Kier molecular flexibility index (Phi) is 20.4. The van der Waals surface area contributed by atoms with E-state index < -0.39 is 143 Å². The number of esters is 3. The lowest BCUT2D eigenvalue weighted by Crippen LogP contribution is -2.84. The SMILES string of the molecule is C/C=C/[C@H](NC(=O)OC(C)(C)C)[C@@H](O[Si](C(C)C)(C(C)C)C(C)C)C(=O)O[C@@H]1C(C)=C2[C@@H](O[Si](CC)(CC)CC)C(=O)[C@@]3(C)C([C@H](OC(=O)c4ccccc4)[C@@]4(OC(=O)O[C@@H]14)C2(C)C)[C@]1(OC(C)=O)CO[C@@H]1C[C@@H]3O[Si](CC)(CC)CC. The fourth-order valence-electron chi connectivity index (χ4n) is 15.3. The number of carbonyl (C=O) groups excluding carboxylic acids is 6. The van der Waals surface area contributed by atoms with Crippen LogP contribution in [0, 0.1) is 16.7 Å². The van der Waals surface area contributed by atoms with Crippen LogP contribution in [0.2, 0.25) is 52.9 Å². The van der Waals surface area contributed by atoms with Crippen molar-refractivity contribution in [3.63, 3.8) is 0 Å². The maximum atomic E-state index is 17.4. The Morgan fingerprint density at radius 2 is 1.37 bits per heavy atom. The summed E-state index contributed by atoms with van der Waals surface area (Å²) in [6.45, 7) is 40.3. The van der Waals surface area contributed by atoms with Gasteiger partial charge in [0.05, 0.1) is 35.6 Å². The molecule has 1 aromatic carbocycles. The molecule has 1 amide bonds. The second kappa shape index (κ2) is 25.0. The van der Waals surface area contributed by atoms with Crippen LogP contribution in [-0.2, 0) is 60.8 Å². The van der Waals surface area contributed by atoms with E-state index in [1.807, 2.05) is 20.8 Å². The average molecular weight is 1200 g/mol. The van der Waals surface area contributed by atoms with E-state index in [0.717, 1.165) is 18.1 Å². The number of fused-ring (bicyclic) bond motifs is 4. The van der Waals surface area contributed by atoms with E-state index >= 15 is 14.4 Å². The lowest BCUT2D eigenvalue weighted by atomic mass is 9.44. The Labute approximate surface area is 492 Å². The van der Waals surface area contributed by atoms with Gasteiger partial charge in [0.15, 0.2) is 52.4 Å². The van der Waals surface area contributed by atoms with Crippen LogP contribution in [0.4, 0.5) is 9.59 Å². The number of nitrogens with one attached hydrogen (secondary N) is 1. The predicted molar refractivity (Wildman–Crippen MR) is 320 cm³/mol. The zero-order chi connectivity index (χ0) is 61.5. The topological polar surface area (TPSA) is 207 Å². The van der Waals surface area contributed by atoms with Crippen LogP contribution < -0.4 is 5.32 Å². The van der Waals surface area contributed by atoms with Gasteiger partial charge in [0.2, 0.25) is 13.9 Å². The first-order valence-corrected chi connectivity index (χ1v) is 37.5. The van der Waals surface area contributed by atoms with Crippen molar-refractivity contribution in [2.24, 2.45) is 16.7 Å². The predicted octanol–water partition coefficient (Wildman–Crippen LogP) is 12.9. The summed E-state index contributed by atoms with van der Waals surface area (Å²) in [5, 5.41) is 2.92. The van der Waals surface area contributed by atoms with Crippen molar-refractivity contribution in [1.82, 2.24) is 5.32 Å². The second-order valence-electron chi connectivity index (χ2n) is 26.3. The molecule has 2 aliphatic heterocycles. The number of alkyl carbamates (subject to hydrolysis) is 1. The number of ketones is 1. The van der Waals surface area contributed by atoms with Gasteiger partial charge in [-0.05, 0) is 118 Å². The Bertz CT molecular complexity index is 2530. The van der Waals surface area contributed by atoms with Gasteiger partial charge in [-0.3, -0.25) is 9.59 Å². The molecule has 2 heterocycles. The molecular weight excluding hydrogens is 1100 g/mol. The molecule has 17 nitrogen and oxygen atoms in total. The van der Waals surface area contributed by atoms with Crippen molar-refractivity contribution in [2.75, 3.05) is 6.61 Å². The van der Waals surface area contributed by atoms with Crippen LogP contribution in [0.1, 0.15) is 162 Å². The number of benzene rings is 1. The molecule has 2 bridgehead atoms. The van der Waals surface area contributed by atoms with Crippen molar-refractivity contribution in [3.05, 3.63) is 59.2 Å². The molecule has 2 saturated carbocycles. The Balaban J connectivity index is 1.78. The van der Waals surface area contributed by atoms with Gasteiger partial charge in [-0.2, -0.15) is 0 Å². The van der Waals surface area contributed by atoms with Crippen LogP contribution >= 0.6 is 0 Å². The summed E-state index contributed by atoms with van der Waals surface area (Å²) in [5.74, 6) is -4.22. The minimum absolute atomic E-state index is 0.0423. The van der Waals surface area contributed by atoms with Crippen LogP contribution in [0.3, 0.4) is 0 Å². The van der Waals surface area contributed by atoms with Crippen molar-refractivity contribution >= 4 is 60.9 Å². The summed E-state index contributed by atoms with van der Waals surface area (Å²) in [5.41, 5.74) is -7.40. The largest absolute Gasteiger partial charge is 0.509 e. The minimum atomic E-state index is -3.07. The number of carbonyl (C=O) groups is 6. The van der Waals surface area contributed by atoms with Gasteiger partial charge in [-0.25, -0.2) is 19.2 Å². The fourth-order valence-corrected chi connectivity index (χ4v) is 26.4. The van der Waals surface area contributed by atoms with E-state index in [-0.39, 0.29) is 35.2 Å². The maximum absolute atomic E-state index is 17.4. The monoisotopic (exact) mass is 1200 g/mol. The molecule has 82 heavy (non-hydrogen) atoms. The Hall–Kier alpha value is -4.19. The normalized spacial score (nSPS) is 29.8. The molecular formula is C62H99NO16Si3. The van der Waals surface area contributed by atoms with Crippen LogP contribution in [0.15, 0.2) is 53.6 Å². The fraction of sp³-hybridized carbons (Fsp3) is 0.742. The molecule has 1 aromatic rings. The van der Waals surface area contributed by atoms with Gasteiger partial charge < -0.3 is 51.8 Å². The molecule has 1 unspecified atom stereocenters. The van der Waals surface area contributed by atoms with Gasteiger partial charge in [-0.15, -0.1) is 0 Å². The number of hydrogen-bond acceptors (Lipinski definition) is 16.